The molecule has 8 nitrogen and oxygen atoms in total. The predicted octanol–water partition coefficient (Wildman–Crippen LogP) is 4.47. The predicted molar refractivity (Wildman–Crippen MR) is 129 cm³/mol. The van der Waals surface area contributed by atoms with Gasteiger partial charge in [0.25, 0.3) is 5.91 Å². The Morgan fingerprint density at radius 1 is 1.22 bits per heavy atom. The lowest BCUT2D eigenvalue weighted by Crippen LogP contribution is -2.41. The number of carbonyl (C=O) groups is 1. The fourth-order valence-corrected chi connectivity index (χ4v) is 4.61. The van der Waals surface area contributed by atoms with Gasteiger partial charge in [-0.25, -0.2) is 9.97 Å². The number of rotatable bonds is 5. The highest BCUT2D eigenvalue weighted by molar-refractivity contribution is 6.02. The average Bonchev–Trinajstić information content (AvgIpc) is 3.32. The minimum Gasteiger partial charge on any atom is -0.481 e. The van der Waals surface area contributed by atoms with Crippen LogP contribution < -0.4 is 20.7 Å². The lowest BCUT2D eigenvalue weighted by molar-refractivity contribution is -0.137. The Bertz CT molecular complexity index is 1320. The number of nitrogens with zero attached hydrogens (tertiary/aromatic N) is 3. The first-order chi connectivity index (χ1) is 17.1. The van der Waals surface area contributed by atoms with Gasteiger partial charge in [-0.15, -0.1) is 0 Å². The van der Waals surface area contributed by atoms with Gasteiger partial charge in [-0.3, -0.25) is 4.79 Å². The highest BCUT2D eigenvalue weighted by Gasteiger charge is 2.32. The SMILES string of the molecule is Cc1nc(NC(C)c2cc(N)cc(C(F)(F)F)c2)c2cc3c(cc2n1)OCC(=O)N3CC1CCOC1. The first kappa shape index (κ1) is 24.1. The van der Waals surface area contributed by atoms with E-state index < -0.39 is 17.8 Å². The summed E-state index contributed by atoms with van der Waals surface area (Å²) in [5.74, 6) is 1.54. The van der Waals surface area contributed by atoms with E-state index in [1.165, 1.54) is 6.07 Å². The Hall–Kier alpha value is -3.60. The number of nitrogen functional groups attached to an aromatic ring is 1. The highest BCUT2D eigenvalue weighted by atomic mass is 19.4. The molecule has 2 aliphatic rings. The molecule has 1 fully saturated rings. The van der Waals surface area contributed by atoms with Crippen molar-refractivity contribution in [2.45, 2.75) is 32.5 Å². The Labute approximate surface area is 205 Å². The Kier molecular flexibility index (Phi) is 6.11. The minimum absolute atomic E-state index is 0.0217. The van der Waals surface area contributed by atoms with Crippen molar-refractivity contribution in [3.63, 3.8) is 0 Å². The van der Waals surface area contributed by atoms with Crippen molar-refractivity contribution in [1.82, 2.24) is 9.97 Å². The van der Waals surface area contributed by atoms with Gasteiger partial charge in [-0.1, -0.05) is 0 Å². The molecule has 3 aromatic rings. The molecule has 1 saturated heterocycles. The highest BCUT2D eigenvalue weighted by Crippen LogP contribution is 2.39. The number of benzene rings is 2. The van der Waals surface area contributed by atoms with Crippen LogP contribution in [0.4, 0.5) is 30.4 Å². The van der Waals surface area contributed by atoms with Crippen LogP contribution in [0.3, 0.4) is 0 Å². The molecule has 2 aliphatic heterocycles. The molecule has 2 aromatic carbocycles. The van der Waals surface area contributed by atoms with Crippen LogP contribution in [0.15, 0.2) is 30.3 Å². The molecule has 36 heavy (non-hydrogen) atoms. The van der Waals surface area contributed by atoms with E-state index in [0.29, 0.717) is 59.3 Å². The van der Waals surface area contributed by atoms with Crippen molar-refractivity contribution in [2.75, 3.05) is 42.3 Å². The third kappa shape index (κ3) is 4.75. The summed E-state index contributed by atoms with van der Waals surface area (Å²) in [7, 11) is 0. The number of ether oxygens (including phenoxy) is 2. The molecule has 0 saturated carbocycles. The van der Waals surface area contributed by atoms with Crippen LogP contribution in [0.1, 0.15) is 36.3 Å². The number of fused-ring (bicyclic) bond motifs is 2. The summed E-state index contributed by atoms with van der Waals surface area (Å²) in [5.41, 5.74) is 6.54. The number of alkyl halides is 3. The standard InChI is InChI=1S/C25H26F3N5O3/c1-13(16-5-17(25(26,27)28)7-18(29)6-16)30-24-19-8-21-22(9-20(19)31-14(2)32-24)36-12-23(34)33(21)10-15-3-4-35-11-15/h5-9,13,15H,3-4,10-12,29H2,1-2H3,(H,30,31,32). The van der Waals surface area contributed by atoms with Gasteiger partial charge in [0.15, 0.2) is 6.61 Å². The number of nitrogens with two attached hydrogens (primary N) is 1. The van der Waals surface area contributed by atoms with Crippen molar-refractivity contribution < 1.29 is 27.4 Å². The van der Waals surface area contributed by atoms with E-state index >= 15 is 0 Å². The van der Waals surface area contributed by atoms with Crippen LogP contribution in [-0.2, 0) is 15.7 Å². The van der Waals surface area contributed by atoms with Crippen molar-refractivity contribution in [3.05, 3.63) is 47.3 Å². The van der Waals surface area contributed by atoms with Crippen LogP contribution in [-0.4, -0.2) is 42.2 Å². The van der Waals surface area contributed by atoms with E-state index in [9.17, 15) is 18.0 Å². The van der Waals surface area contributed by atoms with E-state index in [1.807, 2.05) is 0 Å². The number of halogens is 3. The fraction of sp³-hybridized carbons (Fsp3) is 0.400. The van der Waals surface area contributed by atoms with Crippen LogP contribution in [0, 0.1) is 12.8 Å². The van der Waals surface area contributed by atoms with Gasteiger partial charge in [0.1, 0.15) is 17.4 Å². The zero-order valence-corrected chi connectivity index (χ0v) is 19.9. The molecule has 190 valence electrons. The van der Waals surface area contributed by atoms with Gasteiger partial charge in [0.2, 0.25) is 0 Å². The van der Waals surface area contributed by atoms with Crippen molar-refractivity contribution in [2.24, 2.45) is 5.92 Å². The molecule has 0 radical (unpaired) electrons. The van der Waals surface area contributed by atoms with E-state index in [0.717, 1.165) is 18.6 Å². The van der Waals surface area contributed by atoms with Gasteiger partial charge in [0, 0.05) is 36.2 Å². The Morgan fingerprint density at radius 3 is 2.75 bits per heavy atom. The van der Waals surface area contributed by atoms with E-state index in [1.54, 1.807) is 30.9 Å². The van der Waals surface area contributed by atoms with Crippen molar-refractivity contribution >= 4 is 34.0 Å². The van der Waals surface area contributed by atoms with Crippen LogP contribution in [0.2, 0.25) is 0 Å². The van der Waals surface area contributed by atoms with Gasteiger partial charge in [-0.2, -0.15) is 13.2 Å². The third-order valence-corrected chi connectivity index (χ3v) is 6.45. The molecule has 1 amide bonds. The lowest BCUT2D eigenvalue weighted by atomic mass is 10.0. The molecule has 11 heteroatoms. The van der Waals surface area contributed by atoms with E-state index in [4.69, 9.17) is 15.2 Å². The molecule has 0 aliphatic carbocycles. The van der Waals surface area contributed by atoms with E-state index in [-0.39, 0.29) is 24.1 Å². The van der Waals surface area contributed by atoms with Crippen LogP contribution in [0.5, 0.6) is 5.75 Å². The van der Waals surface area contributed by atoms with Crippen molar-refractivity contribution in [3.8, 4) is 5.75 Å². The number of hydrogen-bond acceptors (Lipinski definition) is 7. The number of aromatic nitrogens is 2. The Morgan fingerprint density at radius 2 is 2.03 bits per heavy atom. The number of amides is 1. The summed E-state index contributed by atoms with van der Waals surface area (Å²) < 4.78 is 51.1. The second kappa shape index (κ2) is 9.12. The summed E-state index contributed by atoms with van der Waals surface area (Å²) in [6.07, 6.45) is -3.64. The zero-order chi connectivity index (χ0) is 25.6. The first-order valence-electron chi connectivity index (χ1n) is 11.7. The number of carbonyl (C=O) groups excluding carboxylic acids is 1. The molecule has 1 aromatic heterocycles. The summed E-state index contributed by atoms with van der Waals surface area (Å²) >= 11 is 0. The maximum atomic E-state index is 13.3. The summed E-state index contributed by atoms with van der Waals surface area (Å²) in [4.78, 5) is 23.5. The molecule has 3 N–H and O–H groups in total. The van der Waals surface area contributed by atoms with E-state index in [2.05, 4.69) is 15.3 Å². The first-order valence-corrected chi connectivity index (χ1v) is 11.7. The maximum Gasteiger partial charge on any atom is 0.416 e. The van der Waals surface area contributed by atoms with Crippen LogP contribution in [0.25, 0.3) is 10.9 Å². The fourth-order valence-electron chi connectivity index (χ4n) is 4.61. The second-order valence-electron chi connectivity index (χ2n) is 9.23. The number of anilines is 3. The number of hydrogen-bond donors (Lipinski definition) is 2. The molecule has 0 spiro atoms. The molecule has 0 bridgehead atoms. The minimum atomic E-state index is -4.51. The lowest BCUT2D eigenvalue weighted by Gasteiger charge is -2.31. The molecular weight excluding hydrogens is 475 g/mol. The second-order valence-corrected chi connectivity index (χ2v) is 9.23. The van der Waals surface area contributed by atoms with Gasteiger partial charge < -0.3 is 25.4 Å². The van der Waals surface area contributed by atoms with Crippen molar-refractivity contribution in [1.29, 1.82) is 0 Å². The molecule has 3 heterocycles. The normalized spacial score (nSPS) is 18.8. The number of aryl methyl sites for hydroxylation is 1. The monoisotopic (exact) mass is 501 g/mol. The average molecular weight is 502 g/mol. The largest absolute Gasteiger partial charge is 0.481 e. The molecule has 2 atom stereocenters. The quantitative estimate of drug-likeness (QED) is 0.497. The smallest absolute Gasteiger partial charge is 0.416 e. The molecular formula is C25H26F3N5O3. The summed E-state index contributed by atoms with van der Waals surface area (Å²) in [6, 6.07) is 6.50. The van der Waals surface area contributed by atoms with Gasteiger partial charge >= 0.3 is 6.18 Å². The maximum absolute atomic E-state index is 13.3. The molecule has 5 rings (SSSR count). The summed E-state index contributed by atoms with van der Waals surface area (Å²) in [6.45, 7) is 5.18. The van der Waals surface area contributed by atoms with Gasteiger partial charge in [0.05, 0.1) is 29.4 Å². The topological polar surface area (TPSA) is 103 Å². The zero-order valence-electron chi connectivity index (χ0n) is 19.9. The molecule has 2 unspecified atom stereocenters. The van der Waals surface area contributed by atoms with Crippen LogP contribution >= 0.6 is 0 Å². The Balaban J connectivity index is 1.53. The number of nitrogens with one attached hydrogen (secondary N) is 1. The van der Waals surface area contributed by atoms with Gasteiger partial charge in [-0.05, 0) is 50.1 Å². The summed E-state index contributed by atoms with van der Waals surface area (Å²) in [5, 5.41) is 3.84. The third-order valence-electron chi connectivity index (χ3n) is 6.45.